The molecule has 1 aromatic rings. The lowest BCUT2D eigenvalue weighted by atomic mass is 9.80. The van der Waals surface area contributed by atoms with Crippen LogP contribution in [0.15, 0.2) is 30.3 Å². The van der Waals surface area contributed by atoms with Gasteiger partial charge < -0.3 is 5.32 Å². The van der Waals surface area contributed by atoms with E-state index in [1.165, 1.54) is 42.8 Å². The maximum atomic E-state index is 3.88. The molecule has 0 bridgehead atoms. The molecule has 0 radical (unpaired) electrons. The number of nitrogens with one attached hydrogen (secondary N) is 1. The molecule has 3 unspecified atom stereocenters. The van der Waals surface area contributed by atoms with E-state index in [9.17, 15) is 0 Å². The van der Waals surface area contributed by atoms with Gasteiger partial charge in [0.15, 0.2) is 0 Å². The van der Waals surface area contributed by atoms with Crippen LogP contribution in [0.4, 0.5) is 0 Å². The molecule has 0 amide bonds. The van der Waals surface area contributed by atoms with Crippen LogP contribution in [-0.4, -0.2) is 23.6 Å². The first-order chi connectivity index (χ1) is 9.31. The molecule has 1 N–H and O–H groups in total. The van der Waals surface area contributed by atoms with Gasteiger partial charge >= 0.3 is 0 Å². The molecule has 1 nitrogen and oxygen atoms in total. The second-order valence-corrected chi connectivity index (χ2v) is 6.95. The van der Waals surface area contributed by atoms with Crippen molar-refractivity contribution >= 4 is 11.8 Å². The number of benzene rings is 1. The lowest BCUT2D eigenvalue weighted by molar-refractivity contribution is 0.311. The molecule has 2 rings (SSSR count). The van der Waals surface area contributed by atoms with Crippen molar-refractivity contribution in [3.8, 4) is 0 Å². The minimum atomic E-state index is 0.624. The summed E-state index contributed by atoms with van der Waals surface area (Å²) >= 11 is 2.04. The minimum absolute atomic E-state index is 0.624. The van der Waals surface area contributed by atoms with Gasteiger partial charge in [0.2, 0.25) is 0 Å². The topological polar surface area (TPSA) is 12.0 Å². The molecule has 1 aliphatic rings. The SMILES string of the molecule is CCSCC(C)NC1CCCCC1c1ccccc1. The quantitative estimate of drug-likeness (QED) is 0.825. The molecule has 3 atom stereocenters. The Balaban J connectivity index is 1.96. The van der Waals surface area contributed by atoms with Gasteiger partial charge in [-0.3, -0.25) is 0 Å². The van der Waals surface area contributed by atoms with Crippen molar-refractivity contribution in [3.63, 3.8) is 0 Å². The van der Waals surface area contributed by atoms with Crippen molar-refractivity contribution in [2.75, 3.05) is 11.5 Å². The number of rotatable bonds is 6. The highest BCUT2D eigenvalue weighted by Crippen LogP contribution is 2.33. The molecule has 0 spiro atoms. The van der Waals surface area contributed by atoms with E-state index in [2.05, 4.69) is 49.5 Å². The lowest BCUT2D eigenvalue weighted by Gasteiger charge is -2.34. The van der Waals surface area contributed by atoms with Gasteiger partial charge in [0.05, 0.1) is 0 Å². The Labute approximate surface area is 122 Å². The largest absolute Gasteiger partial charge is 0.310 e. The zero-order chi connectivity index (χ0) is 13.5. The van der Waals surface area contributed by atoms with Gasteiger partial charge in [0.1, 0.15) is 0 Å². The van der Waals surface area contributed by atoms with Crippen molar-refractivity contribution in [2.45, 2.75) is 57.5 Å². The highest BCUT2D eigenvalue weighted by atomic mass is 32.2. The van der Waals surface area contributed by atoms with E-state index in [0.717, 1.165) is 0 Å². The summed E-state index contributed by atoms with van der Waals surface area (Å²) in [4.78, 5) is 0. The predicted octanol–water partition coefficient (Wildman–Crippen LogP) is 4.44. The summed E-state index contributed by atoms with van der Waals surface area (Å²) < 4.78 is 0. The Morgan fingerprint density at radius 2 is 1.95 bits per heavy atom. The highest BCUT2D eigenvalue weighted by molar-refractivity contribution is 7.99. The molecule has 0 aromatic heterocycles. The molecular weight excluding hydrogens is 250 g/mol. The summed E-state index contributed by atoms with van der Waals surface area (Å²) in [6.07, 6.45) is 5.44. The summed E-state index contributed by atoms with van der Waals surface area (Å²) in [7, 11) is 0. The van der Waals surface area contributed by atoms with Crippen molar-refractivity contribution in [1.82, 2.24) is 5.32 Å². The van der Waals surface area contributed by atoms with Gasteiger partial charge in [-0.1, -0.05) is 50.1 Å². The van der Waals surface area contributed by atoms with Gasteiger partial charge in [0.25, 0.3) is 0 Å². The first-order valence-electron chi connectivity index (χ1n) is 7.70. The Hall–Kier alpha value is -0.470. The van der Waals surface area contributed by atoms with Crippen molar-refractivity contribution < 1.29 is 0 Å². The van der Waals surface area contributed by atoms with E-state index >= 15 is 0 Å². The fourth-order valence-corrected chi connectivity index (χ4v) is 3.82. The third-order valence-corrected chi connectivity index (χ3v) is 5.21. The van der Waals surface area contributed by atoms with Crippen LogP contribution in [-0.2, 0) is 0 Å². The summed E-state index contributed by atoms with van der Waals surface area (Å²) in [5.41, 5.74) is 1.52. The first-order valence-corrected chi connectivity index (χ1v) is 8.85. The Morgan fingerprint density at radius 3 is 2.68 bits per heavy atom. The smallest absolute Gasteiger partial charge is 0.0139 e. The number of hydrogen-bond acceptors (Lipinski definition) is 2. The molecule has 1 aromatic carbocycles. The average Bonchev–Trinajstić information content (AvgIpc) is 2.46. The monoisotopic (exact) mass is 277 g/mol. The van der Waals surface area contributed by atoms with E-state index < -0.39 is 0 Å². The van der Waals surface area contributed by atoms with Crippen LogP contribution >= 0.6 is 11.8 Å². The predicted molar refractivity (Wildman–Crippen MR) is 87.0 cm³/mol. The Morgan fingerprint density at radius 1 is 1.21 bits per heavy atom. The molecule has 106 valence electrons. The first kappa shape index (κ1) is 14.9. The van der Waals surface area contributed by atoms with Crippen LogP contribution in [0.3, 0.4) is 0 Å². The van der Waals surface area contributed by atoms with E-state index in [-0.39, 0.29) is 0 Å². The summed E-state index contributed by atoms with van der Waals surface area (Å²) in [6, 6.07) is 12.4. The van der Waals surface area contributed by atoms with Gasteiger partial charge in [-0.25, -0.2) is 0 Å². The minimum Gasteiger partial charge on any atom is -0.310 e. The third kappa shape index (κ3) is 4.54. The lowest BCUT2D eigenvalue weighted by Crippen LogP contribution is -2.43. The fourth-order valence-electron chi connectivity index (χ4n) is 3.14. The second kappa shape index (κ2) is 7.96. The summed E-state index contributed by atoms with van der Waals surface area (Å²) in [6.45, 7) is 4.57. The highest BCUT2D eigenvalue weighted by Gasteiger charge is 2.27. The fraction of sp³-hybridized carbons (Fsp3) is 0.647. The standard InChI is InChI=1S/C17H27NS/c1-3-19-13-14(2)18-17-12-8-7-11-16(17)15-9-5-4-6-10-15/h4-6,9-10,14,16-18H,3,7-8,11-13H2,1-2H3. The van der Waals surface area contributed by atoms with Crippen molar-refractivity contribution in [3.05, 3.63) is 35.9 Å². The van der Waals surface area contributed by atoms with Crippen LogP contribution in [0.5, 0.6) is 0 Å². The normalized spacial score (nSPS) is 25.2. The molecule has 0 saturated heterocycles. The van der Waals surface area contributed by atoms with E-state index in [0.29, 0.717) is 18.0 Å². The van der Waals surface area contributed by atoms with Crippen molar-refractivity contribution in [2.24, 2.45) is 0 Å². The molecule has 19 heavy (non-hydrogen) atoms. The average molecular weight is 277 g/mol. The molecule has 2 heteroatoms. The summed E-state index contributed by atoms with van der Waals surface area (Å²) in [5, 5.41) is 3.88. The zero-order valence-electron chi connectivity index (χ0n) is 12.3. The van der Waals surface area contributed by atoms with Gasteiger partial charge in [0, 0.05) is 17.8 Å². The zero-order valence-corrected chi connectivity index (χ0v) is 13.1. The van der Waals surface area contributed by atoms with Crippen LogP contribution < -0.4 is 5.32 Å². The van der Waals surface area contributed by atoms with Crippen LogP contribution in [0, 0.1) is 0 Å². The van der Waals surface area contributed by atoms with E-state index in [4.69, 9.17) is 0 Å². The van der Waals surface area contributed by atoms with Crippen LogP contribution in [0.1, 0.15) is 51.0 Å². The molecule has 1 aliphatic carbocycles. The molecular formula is C17H27NS. The third-order valence-electron chi connectivity index (χ3n) is 4.06. The van der Waals surface area contributed by atoms with E-state index in [1.54, 1.807) is 0 Å². The molecule has 1 saturated carbocycles. The Kier molecular flexibility index (Phi) is 6.25. The molecule has 1 fully saturated rings. The maximum absolute atomic E-state index is 3.88. The van der Waals surface area contributed by atoms with E-state index in [1.807, 2.05) is 11.8 Å². The van der Waals surface area contributed by atoms with Gasteiger partial charge in [-0.15, -0.1) is 0 Å². The maximum Gasteiger partial charge on any atom is 0.0139 e. The van der Waals surface area contributed by atoms with Crippen LogP contribution in [0.2, 0.25) is 0 Å². The van der Waals surface area contributed by atoms with Crippen LogP contribution in [0.25, 0.3) is 0 Å². The molecule has 0 aliphatic heterocycles. The number of thioether (sulfide) groups is 1. The van der Waals surface area contributed by atoms with Gasteiger partial charge in [-0.2, -0.15) is 11.8 Å². The van der Waals surface area contributed by atoms with Crippen molar-refractivity contribution in [1.29, 1.82) is 0 Å². The summed E-state index contributed by atoms with van der Waals surface area (Å²) in [5.74, 6) is 3.16. The second-order valence-electron chi connectivity index (χ2n) is 5.64. The molecule has 0 heterocycles. The van der Waals surface area contributed by atoms with Gasteiger partial charge in [-0.05, 0) is 37.0 Å². The number of hydrogen-bond donors (Lipinski definition) is 1. The Bertz CT molecular complexity index is 352.